The molecule has 10 nitrogen and oxygen atoms in total. The fourth-order valence-corrected chi connectivity index (χ4v) is 2.69. The molecule has 1 aromatic carbocycles. The number of alkyl halides is 1. The predicted molar refractivity (Wildman–Crippen MR) is 100 cm³/mol. The second kappa shape index (κ2) is 8.42. The third-order valence-corrected chi connectivity index (χ3v) is 4.42. The number of hydrogen-bond acceptors (Lipinski definition) is 9. The second-order valence-corrected chi connectivity index (χ2v) is 6.03. The van der Waals surface area contributed by atoms with Gasteiger partial charge in [0, 0.05) is 0 Å². The van der Waals surface area contributed by atoms with Gasteiger partial charge in [0.15, 0.2) is 11.5 Å². The molecule has 0 bridgehead atoms. The second-order valence-electron chi connectivity index (χ2n) is 5.76. The van der Waals surface area contributed by atoms with Crippen LogP contribution in [-0.2, 0) is 4.79 Å². The number of ether oxygens (including phenoxy) is 2. The highest BCUT2D eigenvalue weighted by Gasteiger charge is 2.44. The zero-order chi connectivity index (χ0) is 20.2. The Morgan fingerprint density at radius 1 is 1.48 bits per heavy atom. The summed E-state index contributed by atoms with van der Waals surface area (Å²) in [6.45, 7) is 1.29. The number of nitrogens with zero attached hydrogens (tertiary/aromatic N) is 4. The van der Waals surface area contributed by atoms with Crippen LogP contribution in [0, 0.1) is 0 Å². The number of methoxy groups -OCH3 is 2. The van der Waals surface area contributed by atoms with E-state index < -0.39 is 17.9 Å². The standard InChI is InChI=1S/C16H22ClN5O5/c1-10(14(23)24)21-9-22(15(18)20-16(21,25)8-17)19-7-11-4-5-12(26-2)13(6-11)27-3/h4-7,10,25H,8-9H2,1-3H3,(H2,18,20)(H,23,24)/b19-7+/t10-,16+/m0/s1. The smallest absolute Gasteiger partial charge is 0.320 e. The highest BCUT2D eigenvalue weighted by Crippen LogP contribution is 2.27. The van der Waals surface area contributed by atoms with E-state index in [4.69, 9.17) is 26.8 Å². The van der Waals surface area contributed by atoms with Crippen LogP contribution in [-0.4, -0.2) is 76.9 Å². The number of nitrogens with two attached hydrogens (primary N) is 1. The van der Waals surface area contributed by atoms with Crippen LogP contribution in [0.25, 0.3) is 0 Å². The minimum atomic E-state index is -1.93. The molecule has 4 N–H and O–H groups in total. The van der Waals surface area contributed by atoms with Crippen LogP contribution in [0.2, 0.25) is 0 Å². The highest BCUT2D eigenvalue weighted by atomic mass is 35.5. The molecule has 0 amide bonds. The van der Waals surface area contributed by atoms with E-state index in [1.165, 1.54) is 37.3 Å². The monoisotopic (exact) mass is 399 g/mol. The predicted octanol–water partition coefficient (Wildman–Crippen LogP) is 0.286. The van der Waals surface area contributed by atoms with Gasteiger partial charge in [0.25, 0.3) is 0 Å². The quantitative estimate of drug-likeness (QED) is 0.440. The van der Waals surface area contributed by atoms with Crippen molar-refractivity contribution < 1.29 is 24.5 Å². The summed E-state index contributed by atoms with van der Waals surface area (Å²) in [4.78, 5) is 16.4. The number of benzene rings is 1. The molecule has 1 aliphatic heterocycles. The molecule has 0 unspecified atom stereocenters. The van der Waals surface area contributed by atoms with E-state index in [2.05, 4.69) is 10.1 Å². The largest absolute Gasteiger partial charge is 0.493 e. The number of carboxylic acid groups (broad SMARTS) is 1. The van der Waals surface area contributed by atoms with E-state index >= 15 is 0 Å². The number of guanidine groups is 1. The van der Waals surface area contributed by atoms with Crippen molar-refractivity contribution in [3.05, 3.63) is 23.8 Å². The van der Waals surface area contributed by atoms with Crippen LogP contribution in [0.4, 0.5) is 0 Å². The van der Waals surface area contributed by atoms with Gasteiger partial charge in [-0.25, -0.2) is 14.9 Å². The van der Waals surface area contributed by atoms with Gasteiger partial charge in [0.1, 0.15) is 12.7 Å². The molecule has 0 saturated heterocycles. The van der Waals surface area contributed by atoms with Crippen LogP contribution in [0.1, 0.15) is 12.5 Å². The van der Waals surface area contributed by atoms with Crippen molar-refractivity contribution in [1.82, 2.24) is 9.91 Å². The number of carbonyl (C=O) groups is 1. The van der Waals surface area contributed by atoms with E-state index in [9.17, 15) is 15.0 Å². The SMILES string of the molecule is COc1ccc(/C=N/N2CN([C@@H](C)C(=O)O)[C@@](O)(CCl)N=C2N)cc1OC. The fraction of sp³-hybridized carbons (Fsp3) is 0.438. The van der Waals surface area contributed by atoms with Gasteiger partial charge in [0.05, 0.1) is 26.3 Å². The van der Waals surface area contributed by atoms with Crippen molar-refractivity contribution >= 4 is 29.7 Å². The highest BCUT2D eigenvalue weighted by molar-refractivity contribution is 6.18. The van der Waals surface area contributed by atoms with Crippen molar-refractivity contribution in [1.29, 1.82) is 0 Å². The first-order valence-electron chi connectivity index (χ1n) is 7.92. The number of hydrazone groups is 1. The Bertz CT molecular complexity index is 759. The Morgan fingerprint density at radius 2 is 2.15 bits per heavy atom. The molecule has 27 heavy (non-hydrogen) atoms. The summed E-state index contributed by atoms with van der Waals surface area (Å²) in [5.74, 6) is -2.42. The van der Waals surface area contributed by atoms with Crippen LogP contribution in [0.5, 0.6) is 11.5 Å². The fourth-order valence-electron chi connectivity index (χ4n) is 2.47. The molecule has 0 radical (unpaired) electrons. The first kappa shape index (κ1) is 20.7. The lowest BCUT2D eigenvalue weighted by Gasteiger charge is -2.43. The Kier molecular flexibility index (Phi) is 6.47. The van der Waals surface area contributed by atoms with Gasteiger partial charge >= 0.3 is 5.97 Å². The van der Waals surface area contributed by atoms with Gasteiger partial charge in [-0.15, -0.1) is 11.6 Å². The van der Waals surface area contributed by atoms with Crippen LogP contribution < -0.4 is 15.2 Å². The molecule has 148 valence electrons. The number of carboxylic acids is 1. The third-order valence-electron chi connectivity index (χ3n) is 4.06. The van der Waals surface area contributed by atoms with E-state index in [0.29, 0.717) is 17.1 Å². The molecule has 11 heteroatoms. The molecule has 2 atom stereocenters. The summed E-state index contributed by atoms with van der Waals surface area (Å²) < 4.78 is 10.4. The molecule has 0 spiro atoms. The summed E-state index contributed by atoms with van der Waals surface area (Å²) >= 11 is 5.78. The number of halogens is 1. The Morgan fingerprint density at radius 3 is 2.70 bits per heavy atom. The van der Waals surface area contributed by atoms with Gasteiger partial charge in [-0.3, -0.25) is 4.79 Å². The van der Waals surface area contributed by atoms with Gasteiger partial charge in [-0.2, -0.15) is 5.10 Å². The summed E-state index contributed by atoms with van der Waals surface area (Å²) in [5.41, 5.74) is 6.55. The number of aliphatic hydroxyl groups is 1. The lowest BCUT2D eigenvalue weighted by atomic mass is 10.2. The van der Waals surface area contributed by atoms with Crippen molar-refractivity contribution in [2.75, 3.05) is 26.8 Å². The van der Waals surface area contributed by atoms with Crippen molar-refractivity contribution in [3.63, 3.8) is 0 Å². The average molecular weight is 400 g/mol. The lowest BCUT2D eigenvalue weighted by Crippen LogP contribution is -2.63. The molecule has 1 aromatic rings. The normalized spacial score (nSPS) is 21.8. The molecule has 0 saturated carbocycles. The van der Waals surface area contributed by atoms with Gasteiger partial charge in [-0.05, 0) is 30.7 Å². The Hall–Kier alpha value is -2.56. The molecule has 0 aliphatic carbocycles. The van der Waals surface area contributed by atoms with Crippen molar-refractivity contribution in [3.8, 4) is 11.5 Å². The number of hydrogen-bond donors (Lipinski definition) is 3. The maximum atomic E-state index is 11.3. The number of aliphatic carboxylic acids is 1. The van der Waals surface area contributed by atoms with Crippen molar-refractivity contribution in [2.45, 2.75) is 18.8 Å². The molecule has 0 aromatic heterocycles. The molecular formula is C16H22ClN5O5. The maximum Gasteiger partial charge on any atom is 0.320 e. The Labute approximate surface area is 161 Å². The van der Waals surface area contributed by atoms with Gasteiger partial charge < -0.3 is 25.4 Å². The summed E-state index contributed by atoms with van der Waals surface area (Å²) in [5, 5.41) is 25.3. The Balaban J connectivity index is 2.29. The first-order valence-corrected chi connectivity index (χ1v) is 8.46. The first-order chi connectivity index (χ1) is 12.8. The zero-order valence-electron chi connectivity index (χ0n) is 15.2. The molecule has 1 heterocycles. The van der Waals surface area contributed by atoms with Crippen LogP contribution in [0.3, 0.4) is 0 Å². The van der Waals surface area contributed by atoms with E-state index in [1.807, 2.05) is 0 Å². The van der Waals surface area contributed by atoms with Crippen molar-refractivity contribution in [2.24, 2.45) is 15.8 Å². The molecule has 1 aliphatic rings. The van der Waals surface area contributed by atoms with Crippen LogP contribution >= 0.6 is 11.6 Å². The summed E-state index contributed by atoms with van der Waals surface area (Å²) in [6, 6.07) is 4.13. The summed E-state index contributed by atoms with van der Waals surface area (Å²) in [7, 11) is 3.05. The molecule has 2 rings (SSSR count). The lowest BCUT2D eigenvalue weighted by molar-refractivity contribution is -0.164. The third kappa shape index (κ3) is 4.41. The van der Waals surface area contributed by atoms with E-state index in [1.54, 1.807) is 18.2 Å². The maximum absolute atomic E-state index is 11.3. The van der Waals surface area contributed by atoms with Gasteiger partial charge in [0.2, 0.25) is 11.8 Å². The van der Waals surface area contributed by atoms with Crippen LogP contribution in [0.15, 0.2) is 28.3 Å². The number of rotatable bonds is 7. The summed E-state index contributed by atoms with van der Waals surface area (Å²) in [6.07, 6.45) is 1.50. The van der Waals surface area contributed by atoms with E-state index in [0.717, 1.165) is 0 Å². The molecular weight excluding hydrogens is 378 g/mol. The van der Waals surface area contributed by atoms with E-state index in [-0.39, 0.29) is 18.5 Å². The zero-order valence-corrected chi connectivity index (χ0v) is 15.9. The topological polar surface area (TPSA) is 133 Å². The minimum Gasteiger partial charge on any atom is -0.493 e. The average Bonchev–Trinajstić information content (AvgIpc) is 2.66. The number of aliphatic imine (C=N–C) groups is 1. The minimum absolute atomic E-state index is 0.0938. The molecule has 0 fully saturated rings. The van der Waals surface area contributed by atoms with Gasteiger partial charge in [-0.1, -0.05) is 0 Å².